The van der Waals surface area contributed by atoms with E-state index in [-0.39, 0.29) is 33.4 Å². The number of furan rings is 1. The first-order valence-electron chi connectivity index (χ1n) is 12.4. The van der Waals surface area contributed by atoms with Gasteiger partial charge in [0.05, 0.1) is 36.6 Å². The Morgan fingerprint density at radius 3 is 2.23 bits per heavy atom. The Labute approximate surface area is 231 Å². The second-order valence-electron chi connectivity index (χ2n) is 8.80. The van der Waals surface area contributed by atoms with Crippen LogP contribution < -0.4 is 20.1 Å². The minimum Gasteiger partial charge on any atom is -0.493 e. The van der Waals surface area contributed by atoms with Crippen LogP contribution in [0.4, 0.5) is 11.4 Å². The van der Waals surface area contributed by atoms with Crippen LogP contribution in [0.5, 0.6) is 11.5 Å². The van der Waals surface area contributed by atoms with Gasteiger partial charge in [0.1, 0.15) is 0 Å². The first-order valence-corrected chi connectivity index (χ1v) is 13.8. The summed E-state index contributed by atoms with van der Waals surface area (Å²) >= 11 is 0. The van der Waals surface area contributed by atoms with Crippen LogP contribution in [0.25, 0.3) is 0 Å². The molecule has 1 fully saturated rings. The molecule has 2 N–H and O–H groups in total. The average molecular weight is 572 g/mol. The second-order valence-corrected chi connectivity index (χ2v) is 10.7. The Morgan fingerprint density at radius 1 is 0.925 bits per heavy atom. The zero-order valence-electron chi connectivity index (χ0n) is 22.0. The monoisotopic (exact) mass is 571 g/mol. The van der Waals surface area contributed by atoms with E-state index < -0.39 is 34.4 Å². The number of esters is 1. The van der Waals surface area contributed by atoms with E-state index in [1.165, 1.54) is 67.3 Å². The number of anilines is 2. The predicted molar refractivity (Wildman–Crippen MR) is 144 cm³/mol. The molecular formula is C27H29N3O9S. The molecule has 0 spiro atoms. The van der Waals surface area contributed by atoms with Gasteiger partial charge in [-0.3, -0.25) is 9.59 Å². The fraction of sp³-hybridized carbons (Fsp3) is 0.296. The van der Waals surface area contributed by atoms with E-state index in [9.17, 15) is 22.8 Å². The molecule has 1 aliphatic heterocycles. The predicted octanol–water partition coefficient (Wildman–Crippen LogP) is 3.52. The summed E-state index contributed by atoms with van der Waals surface area (Å²) in [6.45, 7) is 0.327. The van der Waals surface area contributed by atoms with Gasteiger partial charge in [-0.25, -0.2) is 13.2 Å². The first-order chi connectivity index (χ1) is 19.2. The molecule has 1 aliphatic rings. The summed E-state index contributed by atoms with van der Waals surface area (Å²) in [7, 11) is -0.825. The zero-order chi connectivity index (χ0) is 28.7. The molecule has 0 atom stereocenters. The van der Waals surface area contributed by atoms with Gasteiger partial charge in [-0.05, 0) is 49.2 Å². The van der Waals surface area contributed by atoms with E-state index in [1.807, 2.05) is 0 Å². The van der Waals surface area contributed by atoms with E-state index in [1.54, 1.807) is 6.07 Å². The summed E-state index contributed by atoms with van der Waals surface area (Å²) in [6, 6.07) is 11.5. The highest BCUT2D eigenvalue weighted by Gasteiger charge is 2.26. The molecule has 0 unspecified atom stereocenters. The summed E-state index contributed by atoms with van der Waals surface area (Å²) in [6.07, 6.45) is 3.99. The lowest BCUT2D eigenvalue weighted by Gasteiger charge is -2.25. The standard InChI is InChI=1S/C27H29N3O9S/c1-36-23-15-20(21(16-24(23)37-2)29-26(32)22-7-6-14-38-22)27(33)39-17-25(31)28-18-8-10-19(11-9-18)40(34,35)30-12-4-3-5-13-30/h6-11,14-16H,3-5,12-13,17H2,1-2H3,(H,28,31)(H,29,32). The molecular weight excluding hydrogens is 542 g/mol. The lowest BCUT2D eigenvalue weighted by Crippen LogP contribution is -2.35. The van der Waals surface area contributed by atoms with Crippen molar-refractivity contribution in [2.45, 2.75) is 24.2 Å². The molecule has 4 rings (SSSR count). The summed E-state index contributed by atoms with van der Waals surface area (Å²) in [5, 5.41) is 5.13. The Kier molecular flexibility index (Phi) is 9.07. The number of methoxy groups -OCH3 is 2. The normalized spacial score (nSPS) is 13.8. The van der Waals surface area contributed by atoms with Crippen molar-refractivity contribution in [2.75, 3.05) is 44.5 Å². The molecule has 212 valence electrons. The first kappa shape index (κ1) is 28.6. The fourth-order valence-corrected chi connectivity index (χ4v) is 5.63. The third-order valence-corrected chi connectivity index (χ3v) is 8.07. The molecule has 2 amide bonds. The van der Waals surface area contributed by atoms with Gasteiger partial charge in [0.15, 0.2) is 23.9 Å². The van der Waals surface area contributed by atoms with Crippen molar-refractivity contribution in [2.24, 2.45) is 0 Å². The Balaban J connectivity index is 1.41. The van der Waals surface area contributed by atoms with Gasteiger partial charge in [0, 0.05) is 30.9 Å². The van der Waals surface area contributed by atoms with E-state index in [2.05, 4.69) is 10.6 Å². The number of sulfonamides is 1. The third kappa shape index (κ3) is 6.61. The average Bonchev–Trinajstić information content (AvgIpc) is 3.52. The number of rotatable bonds is 10. The molecule has 1 aromatic heterocycles. The molecule has 2 heterocycles. The van der Waals surface area contributed by atoms with Crippen LogP contribution in [0.1, 0.15) is 40.2 Å². The molecule has 40 heavy (non-hydrogen) atoms. The largest absolute Gasteiger partial charge is 0.493 e. The molecule has 3 aromatic rings. The van der Waals surface area contributed by atoms with Crippen LogP contribution in [-0.2, 0) is 19.6 Å². The molecule has 1 saturated heterocycles. The van der Waals surface area contributed by atoms with Gasteiger partial charge in [-0.1, -0.05) is 6.42 Å². The number of piperidine rings is 1. The highest BCUT2D eigenvalue weighted by molar-refractivity contribution is 7.89. The lowest BCUT2D eigenvalue weighted by atomic mass is 10.1. The van der Waals surface area contributed by atoms with E-state index in [0.717, 1.165) is 19.3 Å². The number of hydrogen-bond acceptors (Lipinski definition) is 9. The maximum atomic E-state index is 12.9. The lowest BCUT2D eigenvalue weighted by molar-refractivity contribution is -0.119. The van der Waals surface area contributed by atoms with Crippen molar-refractivity contribution in [3.8, 4) is 11.5 Å². The van der Waals surface area contributed by atoms with Crippen molar-refractivity contribution < 1.29 is 41.4 Å². The smallest absolute Gasteiger partial charge is 0.340 e. The fourth-order valence-electron chi connectivity index (χ4n) is 4.11. The number of benzene rings is 2. The van der Waals surface area contributed by atoms with Gasteiger partial charge in [0.25, 0.3) is 11.8 Å². The van der Waals surface area contributed by atoms with Crippen LogP contribution in [0.3, 0.4) is 0 Å². The maximum absolute atomic E-state index is 12.9. The molecule has 13 heteroatoms. The minimum absolute atomic E-state index is 0.0169. The van der Waals surface area contributed by atoms with Gasteiger partial charge in [-0.2, -0.15) is 4.31 Å². The van der Waals surface area contributed by atoms with Crippen LogP contribution in [-0.4, -0.2) is 64.4 Å². The van der Waals surface area contributed by atoms with E-state index in [0.29, 0.717) is 18.8 Å². The summed E-state index contributed by atoms with van der Waals surface area (Å²) in [4.78, 5) is 38.0. The van der Waals surface area contributed by atoms with Crippen molar-refractivity contribution in [3.05, 3.63) is 66.1 Å². The van der Waals surface area contributed by atoms with Gasteiger partial charge in [-0.15, -0.1) is 0 Å². The summed E-state index contributed by atoms with van der Waals surface area (Å²) in [5.74, 6) is -1.71. The number of carbonyl (C=O) groups excluding carboxylic acids is 3. The van der Waals surface area contributed by atoms with Gasteiger partial charge in [0.2, 0.25) is 10.0 Å². The number of ether oxygens (including phenoxy) is 3. The molecule has 0 bridgehead atoms. The van der Waals surface area contributed by atoms with Crippen LogP contribution in [0.15, 0.2) is 64.1 Å². The quantitative estimate of drug-likeness (QED) is 0.348. The molecule has 12 nitrogen and oxygen atoms in total. The number of nitrogens with zero attached hydrogens (tertiary/aromatic N) is 1. The van der Waals surface area contributed by atoms with Crippen LogP contribution >= 0.6 is 0 Å². The Hall–Kier alpha value is -4.36. The number of hydrogen-bond donors (Lipinski definition) is 2. The Bertz CT molecular complexity index is 1460. The zero-order valence-corrected chi connectivity index (χ0v) is 22.8. The maximum Gasteiger partial charge on any atom is 0.340 e. The Morgan fingerprint density at radius 2 is 1.60 bits per heavy atom. The summed E-state index contributed by atoms with van der Waals surface area (Å²) < 4.78 is 47.9. The number of carbonyl (C=O) groups is 3. The minimum atomic E-state index is -3.60. The molecule has 0 saturated carbocycles. The third-order valence-electron chi connectivity index (χ3n) is 6.16. The van der Waals surface area contributed by atoms with Crippen molar-refractivity contribution in [1.29, 1.82) is 0 Å². The topological polar surface area (TPSA) is 153 Å². The van der Waals surface area contributed by atoms with Gasteiger partial charge >= 0.3 is 5.97 Å². The van der Waals surface area contributed by atoms with Crippen molar-refractivity contribution in [3.63, 3.8) is 0 Å². The second kappa shape index (κ2) is 12.7. The molecule has 0 radical (unpaired) electrons. The van der Waals surface area contributed by atoms with Crippen molar-refractivity contribution >= 4 is 39.2 Å². The number of amides is 2. The molecule has 0 aliphatic carbocycles. The van der Waals surface area contributed by atoms with E-state index >= 15 is 0 Å². The highest BCUT2D eigenvalue weighted by Crippen LogP contribution is 2.34. The molecule has 2 aromatic carbocycles. The highest BCUT2D eigenvalue weighted by atomic mass is 32.2. The van der Waals surface area contributed by atoms with E-state index in [4.69, 9.17) is 18.6 Å². The SMILES string of the molecule is COc1cc(NC(=O)c2ccco2)c(C(=O)OCC(=O)Nc2ccc(S(=O)(=O)N3CCCCC3)cc2)cc1OC. The summed E-state index contributed by atoms with van der Waals surface area (Å²) in [5.41, 5.74) is 0.295. The van der Waals surface area contributed by atoms with Crippen LogP contribution in [0, 0.1) is 0 Å². The van der Waals surface area contributed by atoms with Crippen molar-refractivity contribution in [1.82, 2.24) is 4.31 Å². The van der Waals surface area contributed by atoms with Crippen LogP contribution in [0.2, 0.25) is 0 Å². The van der Waals surface area contributed by atoms with Gasteiger partial charge < -0.3 is 29.3 Å². The number of nitrogens with one attached hydrogen (secondary N) is 2.